The van der Waals surface area contributed by atoms with Crippen molar-refractivity contribution < 1.29 is 4.74 Å². The third-order valence-corrected chi connectivity index (χ3v) is 5.77. The quantitative estimate of drug-likeness (QED) is 0.364. The molecule has 0 bridgehead atoms. The van der Waals surface area contributed by atoms with Crippen LogP contribution < -0.4 is 11.1 Å². The Morgan fingerprint density at radius 3 is 2.67 bits per heavy atom. The van der Waals surface area contributed by atoms with E-state index in [1.807, 2.05) is 6.07 Å². The Morgan fingerprint density at radius 1 is 1.22 bits per heavy atom. The monoisotopic (exact) mass is 486 g/mol. The number of ether oxygens (including phenoxy) is 1. The molecule has 5 nitrogen and oxygen atoms in total. The number of nitrogens with two attached hydrogens (primary N) is 1. The predicted molar refractivity (Wildman–Crippen MR) is 124 cm³/mol. The molecule has 1 aromatic carbocycles. The van der Waals surface area contributed by atoms with Crippen molar-refractivity contribution in [1.29, 1.82) is 0 Å². The fourth-order valence-corrected chi connectivity index (χ4v) is 4.21. The summed E-state index contributed by atoms with van der Waals surface area (Å²) < 4.78 is 5.51. The van der Waals surface area contributed by atoms with E-state index in [0.717, 1.165) is 51.5 Å². The van der Waals surface area contributed by atoms with Crippen LogP contribution in [-0.4, -0.2) is 50.3 Å². The summed E-state index contributed by atoms with van der Waals surface area (Å²) in [6.07, 6.45) is 7.51. The molecule has 0 radical (unpaired) electrons. The van der Waals surface area contributed by atoms with Crippen LogP contribution in [0, 0.1) is 5.41 Å². The largest absolute Gasteiger partial charge is 0.379 e. The molecular formula is C21H35IN4O. The van der Waals surface area contributed by atoms with Gasteiger partial charge in [0.25, 0.3) is 0 Å². The average molecular weight is 486 g/mol. The van der Waals surface area contributed by atoms with Gasteiger partial charge in [-0.1, -0.05) is 38.3 Å². The summed E-state index contributed by atoms with van der Waals surface area (Å²) in [6.45, 7) is 7.91. The molecule has 1 saturated carbocycles. The SMILES string of the molecule is CCc1cccc(NC(N)=NCC2(CN3CCOCC3)CCCCC2)c1.I. The maximum absolute atomic E-state index is 6.21. The zero-order chi connectivity index (χ0) is 18.2. The third-order valence-electron chi connectivity index (χ3n) is 5.77. The molecule has 152 valence electrons. The number of anilines is 1. The minimum absolute atomic E-state index is 0. The van der Waals surface area contributed by atoms with E-state index < -0.39 is 0 Å². The van der Waals surface area contributed by atoms with Crippen LogP contribution in [0.25, 0.3) is 0 Å². The summed E-state index contributed by atoms with van der Waals surface area (Å²) in [6, 6.07) is 8.39. The van der Waals surface area contributed by atoms with Gasteiger partial charge in [-0.3, -0.25) is 9.89 Å². The highest BCUT2D eigenvalue weighted by atomic mass is 127. The second kappa shape index (κ2) is 11.2. The minimum atomic E-state index is 0. The second-order valence-electron chi connectivity index (χ2n) is 7.83. The summed E-state index contributed by atoms with van der Waals surface area (Å²) >= 11 is 0. The zero-order valence-electron chi connectivity index (χ0n) is 16.6. The van der Waals surface area contributed by atoms with E-state index in [4.69, 9.17) is 15.5 Å². The van der Waals surface area contributed by atoms with Gasteiger partial charge in [0.1, 0.15) is 0 Å². The summed E-state index contributed by atoms with van der Waals surface area (Å²) in [4.78, 5) is 7.32. The van der Waals surface area contributed by atoms with Gasteiger partial charge < -0.3 is 15.8 Å². The van der Waals surface area contributed by atoms with Crippen LogP contribution in [0.15, 0.2) is 29.3 Å². The number of morpholine rings is 1. The number of nitrogens with one attached hydrogen (secondary N) is 1. The van der Waals surface area contributed by atoms with E-state index in [-0.39, 0.29) is 29.4 Å². The molecule has 2 aliphatic rings. The maximum Gasteiger partial charge on any atom is 0.193 e. The molecule has 2 fully saturated rings. The van der Waals surface area contributed by atoms with E-state index in [1.165, 1.54) is 37.7 Å². The number of hydrogen-bond acceptors (Lipinski definition) is 3. The first-order chi connectivity index (χ1) is 12.7. The number of guanidine groups is 1. The van der Waals surface area contributed by atoms with Crippen LogP contribution in [-0.2, 0) is 11.2 Å². The fourth-order valence-electron chi connectivity index (χ4n) is 4.21. The van der Waals surface area contributed by atoms with Crippen LogP contribution in [0.3, 0.4) is 0 Å². The highest BCUT2D eigenvalue weighted by Crippen LogP contribution is 2.37. The van der Waals surface area contributed by atoms with Crippen molar-refractivity contribution in [1.82, 2.24) is 4.90 Å². The molecule has 0 spiro atoms. The average Bonchev–Trinajstić information content (AvgIpc) is 2.68. The molecule has 0 amide bonds. The van der Waals surface area contributed by atoms with Crippen molar-refractivity contribution in [3.05, 3.63) is 29.8 Å². The van der Waals surface area contributed by atoms with Gasteiger partial charge in [0, 0.05) is 37.3 Å². The molecule has 0 atom stereocenters. The van der Waals surface area contributed by atoms with Crippen molar-refractivity contribution in [2.24, 2.45) is 16.1 Å². The highest BCUT2D eigenvalue weighted by molar-refractivity contribution is 14.0. The van der Waals surface area contributed by atoms with Crippen molar-refractivity contribution in [2.75, 3.05) is 44.7 Å². The van der Waals surface area contributed by atoms with Crippen LogP contribution in [0.5, 0.6) is 0 Å². The first-order valence-electron chi connectivity index (χ1n) is 10.2. The van der Waals surface area contributed by atoms with Crippen molar-refractivity contribution in [2.45, 2.75) is 45.4 Å². The van der Waals surface area contributed by atoms with E-state index >= 15 is 0 Å². The lowest BCUT2D eigenvalue weighted by molar-refractivity contribution is 0.00940. The lowest BCUT2D eigenvalue weighted by atomic mass is 9.73. The van der Waals surface area contributed by atoms with Gasteiger partial charge in [-0.15, -0.1) is 24.0 Å². The van der Waals surface area contributed by atoms with Gasteiger partial charge in [0.15, 0.2) is 5.96 Å². The molecule has 27 heavy (non-hydrogen) atoms. The lowest BCUT2D eigenvalue weighted by Crippen LogP contribution is -2.46. The summed E-state index contributed by atoms with van der Waals surface area (Å²) in [5.74, 6) is 0.533. The second-order valence-corrected chi connectivity index (χ2v) is 7.83. The molecule has 1 aromatic rings. The number of aryl methyl sites for hydroxylation is 1. The molecule has 1 aliphatic carbocycles. The molecule has 0 aromatic heterocycles. The van der Waals surface area contributed by atoms with Gasteiger partial charge in [0.05, 0.1) is 13.2 Å². The Morgan fingerprint density at radius 2 is 1.96 bits per heavy atom. The van der Waals surface area contributed by atoms with Crippen LogP contribution >= 0.6 is 24.0 Å². The van der Waals surface area contributed by atoms with Crippen molar-refractivity contribution in [3.63, 3.8) is 0 Å². The molecule has 1 aliphatic heterocycles. The normalized spacial score (nSPS) is 20.7. The van der Waals surface area contributed by atoms with Crippen LogP contribution in [0.4, 0.5) is 5.69 Å². The number of halogens is 1. The van der Waals surface area contributed by atoms with E-state index in [2.05, 4.69) is 35.3 Å². The van der Waals surface area contributed by atoms with Gasteiger partial charge in [-0.25, -0.2) is 0 Å². The van der Waals surface area contributed by atoms with E-state index in [9.17, 15) is 0 Å². The fraction of sp³-hybridized carbons (Fsp3) is 0.667. The molecule has 3 N–H and O–H groups in total. The molecule has 3 rings (SSSR count). The van der Waals surface area contributed by atoms with E-state index in [0.29, 0.717) is 5.96 Å². The molecule has 0 unspecified atom stereocenters. The predicted octanol–water partition coefficient (Wildman–Crippen LogP) is 3.88. The molecule has 1 heterocycles. The summed E-state index contributed by atoms with van der Waals surface area (Å²) in [7, 11) is 0. The van der Waals surface area contributed by atoms with Gasteiger partial charge >= 0.3 is 0 Å². The van der Waals surface area contributed by atoms with Crippen molar-refractivity contribution >= 4 is 35.6 Å². The molecule has 6 heteroatoms. The van der Waals surface area contributed by atoms with Crippen LogP contribution in [0.2, 0.25) is 0 Å². The van der Waals surface area contributed by atoms with Crippen molar-refractivity contribution in [3.8, 4) is 0 Å². The smallest absolute Gasteiger partial charge is 0.193 e. The first kappa shape index (κ1) is 22.4. The molecule has 1 saturated heterocycles. The highest BCUT2D eigenvalue weighted by Gasteiger charge is 2.34. The topological polar surface area (TPSA) is 62.9 Å². The number of aliphatic imine (C=N–C) groups is 1. The zero-order valence-corrected chi connectivity index (χ0v) is 18.9. The Hall–Kier alpha value is -0.860. The Kier molecular flexibility index (Phi) is 9.32. The number of hydrogen-bond donors (Lipinski definition) is 2. The summed E-state index contributed by atoms with van der Waals surface area (Å²) in [5.41, 5.74) is 8.81. The molecular weight excluding hydrogens is 451 g/mol. The van der Waals surface area contributed by atoms with Gasteiger partial charge in [0.2, 0.25) is 0 Å². The van der Waals surface area contributed by atoms with Crippen LogP contribution in [0.1, 0.15) is 44.6 Å². The standard InChI is InChI=1S/C21H34N4O.HI/c1-2-18-7-6-8-19(15-18)24-20(22)23-16-21(9-4-3-5-10-21)17-25-11-13-26-14-12-25;/h6-8,15H,2-5,9-14,16-17H2,1H3,(H3,22,23,24);1H. The Labute approximate surface area is 181 Å². The minimum Gasteiger partial charge on any atom is -0.379 e. The number of rotatable bonds is 6. The number of benzene rings is 1. The van der Waals surface area contributed by atoms with Gasteiger partial charge in [-0.05, 0) is 37.0 Å². The van der Waals surface area contributed by atoms with Gasteiger partial charge in [-0.2, -0.15) is 0 Å². The first-order valence-corrected chi connectivity index (χ1v) is 10.2. The van der Waals surface area contributed by atoms with E-state index in [1.54, 1.807) is 0 Å². The maximum atomic E-state index is 6.21. The lowest BCUT2D eigenvalue weighted by Gasteiger charge is -2.41. The summed E-state index contributed by atoms with van der Waals surface area (Å²) in [5, 5.41) is 3.27. The Bertz CT molecular complexity index is 596. The third kappa shape index (κ3) is 6.91. The number of nitrogens with zero attached hydrogens (tertiary/aromatic N) is 2. The Balaban J connectivity index is 0.00000261.